The van der Waals surface area contributed by atoms with E-state index in [2.05, 4.69) is 58.7 Å². The number of nitrogens with zero attached hydrogens (tertiary/aromatic N) is 2. The lowest BCUT2D eigenvalue weighted by atomic mass is 10.1. The fourth-order valence-corrected chi connectivity index (χ4v) is 2.83. The average molecular weight is 374 g/mol. The molecule has 0 radical (unpaired) electrons. The van der Waals surface area contributed by atoms with E-state index in [1.54, 1.807) is 12.4 Å². The van der Waals surface area contributed by atoms with E-state index in [1.165, 1.54) is 5.56 Å². The van der Waals surface area contributed by atoms with E-state index in [9.17, 15) is 4.79 Å². The van der Waals surface area contributed by atoms with Crippen molar-refractivity contribution in [2.75, 3.05) is 11.9 Å². The van der Waals surface area contributed by atoms with Crippen LogP contribution in [-0.4, -0.2) is 22.4 Å². The van der Waals surface area contributed by atoms with Crippen LogP contribution in [0, 0.1) is 6.92 Å². The Balaban J connectivity index is 1.63. The number of nitrogens with one attached hydrogen (secondary N) is 2. The first-order valence-electron chi connectivity index (χ1n) is 9.70. The maximum Gasteiger partial charge on any atom is 0.251 e. The van der Waals surface area contributed by atoms with Gasteiger partial charge in [0.25, 0.3) is 5.91 Å². The topological polar surface area (TPSA) is 66.9 Å². The number of aromatic nitrogens is 2. The molecule has 3 rings (SSSR count). The molecule has 0 aliphatic heterocycles. The molecule has 28 heavy (non-hydrogen) atoms. The third-order valence-corrected chi connectivity index (χ3v) is 4.48. The summed E-state index contributed by atoms with van der Waals surface area (Å²) in [4.78, 5) is 21.1. The Bertz CT molecular complexity index is 905. The Hall–Kier alpha value is -3.21. The molecule has 144 valence electrons. The molecule has 0 saturated heterocycles. The molecule has 1 heterocycles. The lowest BCUT2D eigenvalue weighted by molar-refractivity contribution is 0.0953. The number of carbonyl (C=O) groups is 1. The summed E-state index contributed by atoms with van der Waals surface area (Å²) in [6.45, 7) is 4.91. The van der Waals surface area contributed by atoms with Gasteiger partial charge in [-0.2, -0.15) is 0 Å². The zero-order valence-corrected chi connectivity index (χ0v) is 16.4. The van der Waals surface area contributed by atoms with Crippen molar-refractivity contribution in [3.05, 3.63) is 72.1 Å². The molecule has 0 saturated carbocycles. The number of hydrogen-bond acceptors (Lipinski definition) is 4. The van der Waals surface area contributed by atoms with Gasteiger partial charge >= 0.3 is 0 Å². The lowest BCUT2D eigenvalue weighted by Crippen LogP contribution is -2.24. The SMILES string of the molecule is CCCCCNC(=O)c1cccc(Nc2ncc(-c3ccc(C)cc3)cn2)c1. The minimum absolute atomic E-state index is 0.0598. The van der Waals surface area contributed by atoms with Gasteiger partial charge < -0.3 is 10.6 Å². The third kappa shape index (κ3) is 5.39. The predicted molar refractivity (Wildman–Crippen MR) is 114 cm³/mol. The molecule has 0 spiro atoms. The highest BCUT2D eigenvalue weighted by atomic mass is 16.1. The van der Waals surface area contributed by atoms with Gasteiger partial charge in [0.05, 0.1) is 0 Å². The number of hydrogen-bond donors (Lipinski definition) is 2. The first-order valence-corrected chi connectivity index (χ1v) is 9.70. The van der Waals surface area contributed by atoms with Gasteiger partial charge in [0.1, 0.15) is 0 Å². The van der Waals surface area contributed by atoms with Gasteiger partial charge in [-0.15, -0.1) is 0 Å². The molecule has 1 amide bonds. The second kappa shape index (κ2) is 9.65. The molecule has 0 unspecified atom stereocenters. The molecule has 5 heteroatoms. The minimum Gasteiger partial charge on any atom is -0.352 e. The van der Waals surface area contributed by atoms with Crippen molar-refractivity contribution in [1.82, 2.24) is 15.3 Å². The largest absolute Gasteiger partial charge is 0.352 e. The van der Waals surface area contributed by atoms with Crippen LogP contribution in [0.15, 0.2) is 60.9 Å². The molecular formula is C23H26N4O. The van der Waals surface area contributed by atoms with Gasteiger partial charge in [-0.3, -0.25) is 4.79 Å². The van der Waals surface area contributed by atoms with Crippen LogP contribution in [0.1, 0.15) is 42.1 Å². The van der Waals surface area contributed by atoms with Crippen molar-refractivity contribution in [3.63, 3.8) is 0 Å². The number of aryl methyl sites for hydroxylation is 1. The summed E-state index contributed by atoms with van der Waals surface area (Å²) in [6.07, 6.45) is 6.85. The van der Waals surface area contributed by atoms with E-state index in [1.807, 2.05) is 24.3 Å². The summed E-state index contributed by atoms with van der Waals surface area (Å²) in [5, 5.41) is 6.12. The second-order valence-electron chi connectivity index (χ2n) is 6.83. The van der Waals surface area contributed by atoms with Gasteiger partial charge in [0, 0.05) is 35.8 Å². The highest BCUT2D eigenvalue weighted by Gasteiger charge is 2.07. The Morgan fingerprint density at radius 3 is 2.43 bits per heavy atom. The molecule has 0 atom stereocenters. The monoisotopic (exact) mass is 374 g/mol. The number of rotatable bonds is 8. The van der Waals surface area contributed by atoms with Crippen LogP contribution in [0.2, 0.25) is 0 Å². The number of benzene rings is 2. The Kier molecular flexibility index (Phi) is 6.73. The van der Waals surface area contributed by atoms with Crippen LogP contribution < -0.4 is 10.6 Å². The van der Waals surface area contributed by atoms with Gasteiger partial charge in [-0.05, 0) is 37.1 Å². The van der Waals surface area contributed by atoms with Crippen LogP contribution in [-0.2, 0) is 0 Å². The van der Waals surface area contributed by atoms with Crippen LogP contribution >= 0.6 is 0 Å². The fourth-order valence-electron chi connectivity index (χ4n) is 2.83. The van der Waals surface area contributed by atoms with Crippen molar-refractivity contribution in [2.24, 2.45) is 0 Å². The van der Waals surface area contributed by atoms with Gasteiger partial charge in [-0.25, -0.2) is 9.97 Å². The molecule has 2 aromatic carbocycles. The molecule has 5 nitrogen and oxygen atoms in total. The molecule has 3 aromatic rings. The van der Waals surface area contributed by atoms with Crippen molar-refractivity contribution in [2.45, 2.75) is 33.1 Å². The van der Waals surface area contributed by atoms with Gasteiger partial charge in [-0.1, -0.05) is 55.7 Å². The summed E-state index contributed by atoms with van der Waals surface area (Å²) < 4.78 is 0. The predicted octanol–water partition coefficient (Wildman–Crippen LogP) is 5.12. The van der Waals surface area contributed by atoms with Crippen molar-refractivity contribution >= 4 is 17.5 Å². The van der Waals surface area contributed by atoms with E-state index in [0.29, 0.717) is 18.1 Å². The number of amides is 1. The maximum absolute atomic E-state index is 12.3. The summed E-state index contributed by atoms with van der Waals surface area (Å²) >= 11 is 0. The second-order valence-corrected chi connectivity index (χ2v) is 6.83. The molecule has 1 aromatic heterocycles. The Labute approximate surface area is 166 Å². The quantitative estimate of drug-likeness (QED) is 0.537. The van der Waals surface area contributed by atoms with Crippen molar-refractivity contribution in [3.8, 4) is 11.1 Å². The molecular weight excluding hydrogens is 348 g/mol. The highest BCUT2D eigenvalue weighted by Crippen LogP contribution is 2.20. The number of unbranched alkanes of at least 4 members (excludes halogenated alkanes) is 2. The standard InChI is InChI=1S/C23H26N4O/c1-3-4-5-13-24-22(28)19-7-6-8-21(14-19)27-23-25-15-20(16-26-23)18-11-9-17(2)10-12-18/h6-12,14-16H,3-5,13H2,1-2H3,(H,24,28)(H,25,26,27). The van der Waals surface area contributed by atoms with Crippen molar-refractivity contribution in [1.29, 1.82) is 0 Å². The molecule has 0 bridgehead atoms. The maximum atomic E-state index is 12.3. The Morgan fingerprint density at radius 1 is 0.964 bits per heavy atom. The first kappa shape index (κ1) is 19.5. The molecule has 0 aliphatic carbocycles. The average Bonchev–Trinajstić information content (AvgIpc) is 2.72. The first-order chi connectivity index (χ1) is 13.7. The summed E-state index contributed by atoms with van der Waals surface area (Å²) in [5.74, 6) is 0.437. The van der Waals surface area contributed by atoms with E-state index in [-0.39, 0.29) is 5.91 Å². The third-order valence-electron chi connectivity index (χ3n) is 4.48. The van der Waals surface area contributed by atoms with Gasteiger partial charge in [0.2, 0.25) is 5.95 Å². The van der Waals surface area contributed by atoms with E-state index < -0.39 is 0 Å². The molecule has 2 N–H and O–H groups in total. The van der Waals surface area contributed by atoms with Crippen LogP contribution in [0.5, 0.6) is 0 Å². The normalized spacial score (nSPS) is 10.5. The summed E-state index contributed by atoms with van der Waals surface area (Å²) in [7, 11) is 0. The van der Waals surface area contributed by atoms with E-state index in [0.717, 1.165) is 36.1 Å². The van der Waals surface area contributed by atoms with Crippen LogP contribution in [0.25, 0.3) is 11.1 Å². The molecule has 0 aliphatic rings. The zero-order chi connectivity index (χ0) is 19.8. The van der Waals surface area contributed by atoms with Crippen LogP contribution in [0.4, 0.5) is 11.6 Å². The minimum atomic E-state index is -0.0598. The smallest absolute Gasteiger partial charge is 0.251 e. The summed E-state index contributed by atoms with van der Waals surface area (Å²) in [5.41, 5.74) is 4.67. The highest BCUT2D eigenvalue weighted by molar-refractivity contribution is 5.95. The number of carbonyl (C=O) groups excluding carboxylic acids is 1. The van der Waals surface area contributed by atoms with Crippen molar-refractivity contribution < 1.29 is 4.79 Å². The summed E-state index contributed by atoms with van der Waals surface area (Å²) in [6, 6.07) is 15.6. The number of anilines is 2. The van der Waals surface area contributed by atoms with E-state index >= 15 is 0 Å². The fraction of sp³-hybridized carbons (Fsp3) is 0.261. The van der Waals surface area contributed by atoms with Gasteiger partial charge in [0.15, 0.2) is 0 Å². The van der Waals surface area contributed by atoms with E-state index in [4.69, 9.17) is 0 Å². The Morgan fingerprint density at radius 2 is 1.71 bits per heavy atom. The molecule has 0 fully saturated rings. The lowest BCUT2D eigenvalue weighted by Gasteiger charge is -2.09. The zero-order valence-electron chi connectivity index (χ0n) is 16.4. The van der Waals surface area contributed by atoms with Crippen LogP contribution in [0.3, 0.4) is 0 Å².